The van der Waals surface area contributed by atoms with Crippen molar-refractivity contribution in [1.29, 1.82) is 0 Å². The van der Waals surface area contributed by atoms with Crippen LogP contribution in [0.2, 0.25) is 0 Å². The van der Waals surface area contributed by atoms with Crippen LogP contribution in [0.5, 0.6) is 0 Å². The Bertz CT molecular complexity index is 420. The lowest BCUT2D eigenvalue weighted by atomic mass is 10.3. The van der Waals surface area contributed by atoms with Crippen molar-refractivity contribution in [2.24, 2.45) is 0 Å². The molecular formula is C10H15N5O. The molecule has 86 valence electrons. The van der Waals surface area contributed by atoms with E-state index in [1.165, 1.54) is 0 Å². The molecule has 1 N–H and O–H groups in total. The highest BCUT2D eigenvalue weighted by atomic mass is 16.3. The maximum atomic E-state index is 9.28. The normalized spacial score (nSPS) is 12.9. The summed E-state index contributed by atoms with van der Waals surface area (Å²) in [5.41, 5.74) is 0.614. The monoisotopic (exact) mass is 221 g/mol. The Morgan fingerprint density at radius 2 is 2.31 bits per heavy atom. The lowest BCUT2D eigenvalue weighted by Crippen LogP contribution is -2.03. The van der Waals surface area contributed by atoms with E-state index in [4.69, 9.17) is 0 Å². The van der Waals surface area contributed by atoms with E-state index in [2.05, 4.69) is 15.3 Å². The van der Waals surface area contributed by atoms with Crippen LogP contribution in [0, 0.1) is 0 Å². The zero-order valence-electron chi connectivity index (χ0n) is 9.19. The van der Waals surface area contributed by atoms with E-state index in [9.17, 15) is 5.11 Å². The number of aliphatic hydroxyl groups is 1. The molecule has 0 aromatic carbocycles. The lowest BCUT2D eigenvalue weighted by molar-refractivity contribution is 0.194. The molecule has 0 radical (unpaired) electrons. The Morgan fingerprint density at radius 3 is 2.94 bits per heavy atom. The first-order valence-electron chi connectivity index (χ1n) is 5.29. The number of hydrogen-bond acceptors (Lipinski definition) is 4. The summed E-state index contributed by atoms with van der Waals surface area (Å²) in [6.45, 7) is 3.38. The molecule has 2 aromatic rings. The summed E-state index contributed by atoms with van der Waals surface area (Å²) >= 11 is 0. The minimum Gasteiger partial charge on any atom is -0.387 e. The SMILES string of the molecule is CC(O)c1cn(CCCn2ccnc2)nn1. The minimum absolute atomic E-state index is 0.553. The van der Waals surface area contributed by atoms with Gasteiger partial charge < -0.3 is 9.67 Å². The van der Waals surface area contributed by atoms with Crippen molar-refractivity contribution >= 4 is 0 Å². The van der Waals surface area contributed by atoms with Gasteiger partial charge in [-0.1, -0.05) is 5.21 Å². The van der Waals surface area contributed by atoms with Crippen molar-refractivity contribution < 1.29 is 5.11 Å². The van der Waals surface area contributed by atoms with Crippen LogP contribution >= 0.6 is 0 Å². The number of rotatable bonds is 5. The Morgan fingerprint density at radius 1 is 1.44 bits per heavy atom. The van der Waals surface area contributed by atoms with Gasteiger partial charge in [0.2, 0.25) is 0 Å². The molecule has 6 nitrogen and oxygen atoms in total. The summed E-state index contributed by atoms with van der Waals surface area (Å²) in [4.78, 5) is 3.97. The van der Waals surface area contributed by atoms with Gasteiger partial charge in [0.15, 0.2) is 0 Å². The third-order valence-corrected chi connectivity index (χ3v) is 2.35. The van der Waals surface area contributed by atoms with Gasteiger partial charge in [0, 0.05) is 25.5 Å². The molecule has 0 spiro atoms. The van der Waals surface area contributed by atoms with E-state index in [1.807, 2.05) is 10.8 Å². The second-order valence-corrected chi connectivity index (χ2v) is 3.74. The molecule has 0 fully saturated rings. The molecule has 1 unspecified atom stereocenters. The van der Waals surface area contributed by atoms with Gasteiger partial charge in [0.1, 0.15) is 5.69 Å². The summed E-state index contributed by atoms with van der Waals surface area (Å²) in [6.07, 6.45) is 7.67. The first-order chi connectivity index (χ1) is 7.75. The van der Waals surface area contributed by atoms with E-state index in [-0.39, 0.29) is 0 Å². The molecule has 6 heteroatoms. The molecule has 0 aliphatic heterocycles. The average molecular weight is 221 g/mol. The van der Waals surface area contributed by atoms with Crippen molar-refractivity contribution in [3.05, 3.63) is 30.6 Å². The Kier molecular flexibility index (Phi) is 3.31. The quantitative estimate of drug-likeness (QED) is 0.803. The fourth-order valence-electron chi connectivity index (χ4n) is 1.45. The van der Waals surface area contributed by atoms with Crippen LogP contribution in [-0.2, 0) is 13.1 Å². The van der Waals surface area contributed by atoms with Gasteiger partial charge in [-0.3, -0.25) is 4.68 Å². The van der Waals surface area contributed by atoms with Crippen LogP contribution in [0.25, 0.3) is 0 Å². The van der Waals surface area contributed by atoms with E-state index >= 15 is 0 Å². The molecule has 2 aromatic heterocycles. The zero-order valence-corrected chi connectivity index (χ0v) is 9.19. The van der Waals surface area contributed by atoms with Gasteiger partial charge in [0.05, 0.1) is 18.6 Å². The third kappa shape index (κ3) is 2.66. The van der Waals surface area contributed by atoms with Crippen LogP contribution in [0.1, 0.15) is 25.1 Å². The standard InChI is InChI=1S/C10H15N5O/c1-9(16)10-7-15(13-12-10)5-2-4-14-6-3-11-8-14/h3,6-9,16H,2,4-5H2,1H3. The molecule has 2 heterocycles. The lowest BCUT2D eigenvalue weighted by Gasteiger charge is -2.01. The number of aryl methyl sites for hydroxylation is 2. The van der Waals surface area contributed by atoms with Crippen LogP contribution < -0.4 is 0 Å². The Hall–Kier alpha value is -1.69. The molecule has 0 saturated carbocycles. The number of hydrogen-bond donors (Lipinski definition) is 1. The highest BCUT2D eigenvalue weighted by Crippen LogP contribution is 2.06. The minimum atomic E-state index is -0.553. The van der Waals surface area contributed by atoms with Crippen molar-refractivity contribution in [1.82, 2.24) is 24.5 Å². The van der Waals surface area contributed by atoms with Crippen molar-refractivity contribution in [3.63, 3.8) is 0 Å². The van der Waals surface area contributed by atoms with E-state index < -0.39 is 6.10 Å². The fourth-order valence-corrected chi connectivity index (χ4v) is 1.45. The molecule has 0 aliphatic carbocycles. The van der Waals surface area contributed by atoms with Crippen LogP contribution in [-0.4, -0.2) is 29.7 Å². The maximum absolute atomic E-state index is 9.28. The van der Waals surface area contributed by atoms with Crippen molar-refractivity contribution in [3.8, 4) is 0 Å². The summed E-state index contributed by atoms with van der Waals surface area (Å²) in [5, 5.41) is 17.1. The van der Waals surface area contributed by atoms with Crippen molar-refractivity contribution in [2.75, 3.05) is 0 Å². The van der Waals surface area contributed by atoms with Gasteiger partial charge in [-0.2, -0.15) is 0 Å². The van der Waals surface area contributed by atoms with Crippen LogP contribution in [0.4, 0.5) is 0 Å². The van der Waals surface area contributed by atoms with E-state index in [1.54, 1.807) is 30.3 Å². The predicted octanol–water partition coefficient (Wildman–Crippen LogP) is 0.618. The molecule has 0 amide bonds. The first-order valence-corrected chi connectivity index (χ1v) is 5.29. The maximum Gasteiger partial charge on any atom is 0.111 e. The largest absolute Gasteiger partial charge is 0.387 e. The predicted molar refractivity (Wildman–Crippen MR) is 57.5 cm³/mol. The zero-order chi connectivity index (χ0) is 11.4. The van der Waals surface area contributed by atoms with Crippen molar-refractivity contribution in [2.45, 2.75) is 32.5 Å². The highest BCUT2D eigenvalue weighted by Gasteiger charge is 2.05. The van der Waals surface area contributed by atoms with Gasteiger partial charge in [-0.25, -0.2) is 4.98 Å². The highest BCUT2D eigenvalue weighted by molar-refractivity contribution is 4.95. The van der Waals surface area contributed by atoms with E-state index in [0.717, 1.165) is 19.5 Å². The topological polar surface area (TPSA) is 68.8 Å². The van der Waals surface area contributed by atoms with Gasteiger partial charge >= 0.3 is 0 Å². The molecule has 1 atom stereocenters. The Balaban J connectivity index is 1.81. The molecular weight excluding hydrogens is 206 g/mol. The number of nitrogens with zero attached hydrogens (tertiary/aromatic N) is 5. The van der Waals surface area contributed by atoms with E-state index in [0.29, 0.717) is 5.69 Å². The third-order valence-electron chi connectivity index (χ3n) is 2.35. The van der Waals surface area contributed by atoms with Gasteiger partial charge in [-0.05, 0) is 13.3 Å². The van der Waals surface area contributed by atoms with Gasteiger partial charge in [-0.15, -0.1) is 5.10 Å². The summed E-state index contributed by atoms with van der Waals surface area (Å²) in [5.74, 6) is 0. The fraction of sp³-hybridized carbons (Fsp3) is 0.500. The van der Waals surface area contributed by atoms with Gasteiger partial charge in [0.25, 0.3) is 0 Å². The smallest absolute Gasteiger partial charge is 0.111 e. The Labute approximate surface area is 93.5 Å². The molecule has 2 rings (SSSR count). The first kappa shape index (κ1) is 10.8. The number of aliphatic hydroxyl groups excluding tert-OH is 1. The number of imidazole rings is 1. The second kappa shape index (κ2) is 4.89. The number of aromatic nitrogens is 5. The van der Waals surface area contributed by atoms with Crippen LogP contribution in [0.3, 0.4) is 0 Å². The average Bonchev–Trinajstić information content (AvgIpc) is 2.87. The summed E-state index contributed by atoms with van der Waals surface area (Å²) < 4.78 is 3.77. The molecule has 0 aliphatic rings. The second-order valence-electron chi connectivity index (χ2n) is 3.74. The molecule has 0 bridgehead atoms. The summed E-state index contributed by atoms with van der Waals surface area (Å²) in [7, 11) is 0. The van der Waals surface area contributed by atoms with Crippen LogP contribution in [0.15, 0.2) is 24.9 Å². The molecule has 0 saturated heterocycles. The molecule has 16 heavy (non-hydrogen) atoms. The summed E-state index contributed by atoms with van der Waals surface area (Å²) in [6, 6.07) is 0.